The molecule has 0 aliphatic heterocycles. The Morgan fingerprint density at radius 3 is 1.33 bits per heavy atom. The number of carbonyl (C=O) groups is 2. The number of carboxylic acids is 2. The summed E-state index contributed by atoms with van der Waals surface area (Å²) < 4.78 is 0. The summed E-state index contributed by atoms with van der Waals surface area (Å²) in [6.45, 7) is 0. The van der Waals surface area contributed by atoms with Crippen molar-refractivity contribution in [2.24, 2.45) is 0 Å². The van der Waals surface area contributed by atoms with E-state index in [9.17, 15) is 9.59 Å². The van der Waals surface area contributed by atoms with Crippen LogP contribution in [0.15, 0.2) is 0 Å². The van der Waals surface area contributed by atoms with Crippen LogP contribution in [0.2, 0.25) is 0 Å². The van der Waals surface area contributed by atoms with Crippen molar-refractivity contribution in [3.05, 3.63) is 0 Å². The molecule has 0 fully saturated rings. The van der Waals surface area contributed by atoms with E-state index in [0.29, 0.717) is 0 Å². The summed E-state index contributed by atoms with van der Waals surface area (Å²) in [5.74, 6) is -2.62. The van der Waals surface area contributed by atoms with E-state index in [1.165, 1.54) is 0 Å². The second kappa shape index (κ2) is 8.13. The molecule has 0 unspecified atom stereocenters. The van der Waals surface area contributed by atoms with Crippen LogP contribution in [0.4, 0.5) is 0 Å². The molecule has 9 heavy (non-hydrogen) atoms. The van der Waals surface area contributed by atoms with Crippen LogP contribution in [0.25, 0.3) is 0 Å². The van der Waals surface area contributed by atoms with Crippen molar-refractivity contribution < 1.29 is 60.4 Å². The van der Waals surface area contributed by atoms with Crippen LogP contribution >= 0.6 is 0 Å². The zero-order chi connectivity index (χ0) is 5.86. The van der Waals surface area contributed by atoms with E-state index in [0.717, 1.165) is 0 Å². The minimum absolute atomic E-state index is 0. The molecule has 2 N–H and O–H groups in total. The fraction of sp³-hybridized carbons (Fsp3) is 0.333. The number of rotatable bonds is 2. The average molecular weight is 120 g/mol. The topological polar surface area (TPSA) is 74.6 Å². The largest absolute Gasteiger partial charge is 1.00 e. The monoisotopic (exact) mass is 120 g/mol. The third-order valence-electron chi connectivity index (χ3n) is 0.302. The predicted molar refractivity (Wildman–Crippen MR) is 22.1 cm³/mol. The van der Waals surface area contributed by atoms with E-state index in [1.807, 2.05) is 0 Å². The maximum absolute atomic E-state index is 9.43. The normalized spacial score (nSPS) is 6.22. The molecule has 0 spiro atoms. The number of aliphatic carboxylic acids is 2. The van der Waals surface area contributed by atoms with Crippen LogP contribution in [0.3, 0.4) is 0 Å². The van der Waals surface area contributed by atoms with E-state index in [4.69, 9.17) is 10.2 Å². The molecule has 0 saturated heterocycles. The second-order valence-corrected chi connectivity index (χ2v) is 0.964. The molecule has 0 aromatic carbocycles. The first-order chi connectivity index (χ1) is 3.13. The van der Waals surface area contributed by atoms with Crippen molar-refractivity contribution in [1.29, 1.82) is 0 Å². The SMILES string of the molecule is O=C(O)CC(=O)O.[H-].[H-].[Li+].[Li+]. The average Bonchev–Trinajstić information content (AvgIpc) is 1.27. The van der Waals surface area contributed by atoms with Gasteiger partial charge in [-0.25, -0.2) is 0 Å². The number of hydrogen-bond donors (Lipinski definition) is 2. The van der Waals surface area contributed by atoms with Crippen molar-refractivity contribution in [3.63, 3.8) is 0 Å². The second-order valence-electron chi connectivity index (χ2n) is 0.964. The van der Waals surface area contributed by atoms with E-state index in [2.05, 4.69) is 0 Å². The standard InChI is InChI=1S/C3H4O4.2Li.2H/c4-2(5)1-3(6)7;;;;/h1H2,(H,4,5)(H,6,7);;;;/q;2*+1;2*-1. The van der Waals surface area contributed by atoms with Crippen molar-refractivity contribution in [2.45, 2.75) is 6.42 Å². The summed E-state index contributed by atoms with van der Waals surface area (Å²) in [5.41, 5.74) is 0. The molecule has 0 aliphatic carbocycles. The van der Waals surface area contributed by atoms with Gasteiger partial charge >= 0.3 is 49.7 Å². The Morgan fingerprint density at radius 2 is 1.33 bits per heavy atom. The fourth-order valence-corrected chi connectivity index (χ4v) is 0.129. The van der Waals surface area contributed by atoms with Crippen LogP contribution in [0.5, 0.6) is 0 Å². The molecule has 6 heteroatoms. The fourth-order valence-electron chi connectivity index (χ4n) is 0.129. The molecule has 0 atom stereocenters. The predicted octanol–water partition coefficient (Wildman–Crippen LogP) is -6.22. The van der Waals surface area contributed by atoms with Gasteiger partial charge in [0.05, 0.1) is 0 Å². The van der Waals surface area contributed by atoms with Crippen molar-refractivity contribution in [2.75, 3.05) is 0 Å². The summed E-state index contributed by atoms with van der Waals surface area (Å²) >= 11 is 0. The van der Waals surface area contributed by atoms with Crippen LogP contribution in [-0.4, -0.2) is 22.2 Å². The first-order valence-electron chi connectivity index (χ1n) is 1.56. The van der Waals surface area contributed by atoms with Gasteiger partial charge in [0.2, 0.25) is 0 Å². The van der Waals surface area contributed by atoms with E-state index >= 15 is 0 Å². The Labute approximate surface area is 78.9 Å². The molecular formula is C3H6Li2O4. The Morgan fingerprint density at radius 1 is 1.11 bits per heavy atom. The molecule has 0 heterocycles. The van der Waals surface area contributed by atoms with Crippen molar-refractivity contribution in [1.82, 2.24) is 0 Å². The van der Waals surface area contributed by atoms with Gasteiger partial charge in [-0.1, -0.05) is 0 Å². The Kier molecular flexibility index (Phi) is 14.5. The maximum Gasteiger partial charge on any atom is 1.00 e. The van der Waals surface area contributed by atoms with Crippen molar-refractivity contribution >= 4 is 11.9 Å². The van der Waals surface area contributed by atoms with Gasteiger partial charge in [-0.2, -0.15) is 0 Å². The third-order valence-corrected chi connectivity index (χ3v) is 0.302. The number of hydrogen-bond acceptors (Lipinski definition) is 2. The summed E-state index contributed by atoms with van der Waals surface area (Å²) in [7, 11) is 0. The molecule has 0 aliphatic rings. The molecule has 4 nitrogen and oxygen atoms in total. The Hall–Kier alpha value is 0.135. The van der Waals surface area contributed by atoms with E-state index in [-0.39, 0.29) is 40.6 Å². The third kappa shape index (κ3) is 17.9. The summed E-state index contributed by atoms with van der Waals surface area (Å²) in [6, 6.07) is 0. The molecule has 0 saturated carbocycles. The minimum atomic E-state index is -1.31. The quantitative estimate of drug-likeness (QED) is 0.281. The molecule has 44 valence electrons. The molecule has 0 bridgehead atoms. The van der Waals surface area contributed by atoms with E-state index in [1.54, 1.807) is 0 Å². The van der Waals surface area contributed by atoms with Crippen LogP contribution in [0.1, 0.15) is 9.27 Å². The van der Waals surface area contributed by atoms with Gasteiger partial charge in [-0.05, 0) is 0 Å². The van der Waals surface area contributed by atoms with Gasteiger partial charge in [-0.3, -0.25) is 9.59 Å². The van der Waals surface area contributed by atoms with Gasteiger partial charge in [0, 0.05) is 0 Å². The van der Waals surface area contributed by atoms with Crippen LogP contribution in [-0.2, 0) is 9.59 Å². The van der Waals surface area contributed by atoms with Gasteiger partial charge in [-0.15, -0.1) is 0 Å². The molecule has 0 radical (unpaired) electrons. The van der Waals surface area contributed by atoms with Crippen LogP contribution < -0.4 is 37.7 Å². The molecule has 0 rings (SSSR count). The van der Waals surface area contributed by atoms with Crippen molar-refractivity contribution in [3.8, 4) is 0 Å². The molecule has 0 aromatic heterocycles. The minimum Gasteiger partial charge on any atom is -1.00 e. The first kappa shape index (κ1) is 16.1. The smallest absolute Gasteiger partial charge is 1.00 e. The van der Waals surface area contributed by atoms with E-state index < -0.39 is 18.4 Å². The summed E-state index contributed by atoms with van der Waals surface area (Å²) in [5, 5.41) is 15.4. The number of carboxylic acid groups (broad SMARTS) is 2. The van der Waals surface area contributed by atoms with Crippen LogP contribution in [0, 0.1) is 0 Å². The summed E-state index contributed by atoms with van der Waals surface area (Å²) in [6.07, 6.45) is -0.806. The molecular weight excluding hydrogens is 114 g/mol. The van der Waals surface area contributed by atoms with Gasteiger partial charge in [0.1, 0.15) is 6.42 Å². The summed E-state index contributed by atoms with van der Waals surface area (Å²) in [4.78, 5) is 18.9. The Bertz CT molecular complexity index is 97.5. The van der Waals surface area contributed by atoms with Gasteiger partial charge in [0.15, 0.2) is 0 Å². The first-order valence-corrected chi connectivity index (χ1v) is 1.56. The zero-order valence-corrected chi connectivity index (χ0v) is 5.42. The maximum atomic E-state index is 9.43. The zero-order valence-electron chi connectivity index (χ0n) is 7.42. The molecule has 0 aromatic rings. The molecule has 0 amide bonds. The van der Waals surface area contributed by atoms with Gasteiger partial charge in [0.25, 0.3) is 0 Å². The van der Waals surface area contributed by atoms with Gasteiger partial charge < -0.3 is 13.1 Å². The Balaban J connectivity index is -0.0000000300.